The molecule has 1 nitrogen and oxygen atoms in total. The molecule has 0 aromatic heterocycles. The topological polar surface area (TPSA) is 9.23 Å². The van der Waals surface area contributed by atoms with Crippen LogP contribution in [0.2, 0.25) is 0 Å². The molecule has 1 heterocycles. The van der Waals surface area contributed by atoms with E-state index in [2.05, 4.69) is 0 Å². The van der Waals surface area contributed by atoms with Crippen LogP contribution in [0, 0.1) is 0 Å². The Morgan fingerprint density at radius 3 is 2.33 bits per heavy atom. The Hall–Kier alpha value is -0.370. The molecule has 0 amide bonds. The van der Waals surface area contributed by atoms with Crippen LogP contribution < -0.4 is 0 Å². The maximum atomic E-state index is 12.4. The molecular formula is C7H11FO. The molecule has 0 spiro atoms. The fourth-order valence-corrected chi connectivity index (χ4v) is 0.962. The third kappa shape index (κ3) is 1.79. The molecule has 0 radical (unpaired) electrons. The normalized spacial score (nSPS) is 20.0. The van der Waals surface area contributed by atoms with E-state index in [1.807, 2.05) is 0 Å². The van der Waals surface area contributed by atoms with Crippen LogP contribution in [0.5, 0.6) is 0 Å². The molecule has 9 heavy (non-hydrogen) atoms. The summed E-state index contributed by atoms with van der Waals surface area (Å²) in [4.78, 5) is 0. The monoisotopic (exact) mass is 130 g/mol. The molecule has 1 fully saturated rings. The Kier molecular flexibility index (Phi) is 2.22. The first-order valence-corrected chi connectivity index (χ1v) is 3.22. The molecule has 1 aliphatic rings. The number of ether oxygens (including phenoxy) is 1. The van der Waals surface area contributed by atoms with E-state index in [-0.39, 0.29) is 5.83 Å². The first-order chi connectivity index (χ1) is 4.30. The fourth-order valence-electron chi connectivity index (χ4n) is 0.962. The van der Waals surface area contributed by atoms with E-state index >= 15 is 0 Å². The molecule has 0 atom stereocenters. The van der Waals surface area contributed by atoms with Crippen LogP contribution in [0.3, 0.4) is 0 Å². The van der Waals surface area contributed by atoms with Crippen LogP contribution in [0.1, 0.15) is 19.8 Å². The summed E-state index contributed by atoms with van der Waals surface area (Å²) in [7, 11) is 0. The van der Waals surface area contributed by atoms with Gasteiger partial charge in [0.15, 0.2) is 0 Å². The Morgan fingerprint density at radius 1 is 1.44 bits per heavy atom. The first-order valence-electron chi connectivity index (χ1n) is 3.22. The maximum absolute atomic E-state index is 12.4. The van der Waals surface area contributed by atoms with Crippen LogP contribution in [0.4, 0.5) is 4.39 Å². The van der Waals surface area contributed by atoms with Crippen LogP contribution in [0.25, 0.3) is 0 Å². The summed E-state index contributed by atoms with van der Waals surface area (Å²) in [5.74, 6) is -0.0155. The second-order valence-electron chi connectivity index (χ2n) is 2.25. The molecule has 2 heteroatoms. The number of hydrogen-bond acceptors (Lipinski definition) is 1. The van der Waals surface area contributed by atoms with Crippen LogP contribution in [0.15, 0.2) is 11.4 Å². The first kappa shape index (κ1) is 6.75. The lowest BCUT2D eigenvalue weighted by Crippen LogP contribution is -2.07. The van der Waals surface area contributed by atoms with Gasteiger partial charge in [-0.1, -0.05) is 0 Å². The van der Waals surface area contributed by atoms with Gasteiger partial charge in [-0.3, -0.25) is 0 Å². The quantitative estimate of drug-likeness (QED) is 0.487. The third-order valence-corrected chi connectivity index (χ3v) is 1.58. The van der Waals surface area contributed by atoms with E-state index in [9.17, 15) is 4.39 Å². The van der Waals surface area contributed by atoms with Crippen LogP contribution >= 0.6 is 0 Å². The minimum atomic E-state index is -0.0155. The van der Waals surface area contributed by atoms with Gasteiger partial charge in [0.1, 0.15) is 0 Å². The molecule has 0 aliphatic carbocycles. The van der Waals surface area contributed by atoms with Crippen molar-refractivity contribution < 1.29 is 9.13 Å². The van der Waals surface area contributed by atoms with E-state index in [4.69, 9.17) is 4.74 Å². The second-order valence-corrected chi connectivity index (χ2v) is 2.25. The summed E-state index contributed by atoms with van der Waals surface area (Å²) in [6.45, 7) is 2.90. The van der Waals surface area contributed by atoms with Gasteiger partial charge in [0.05, 0.1) is 19.0 Å². The van der Waals surface area contributed by atoms with Gasteiger partial charge in [-0.2, -0.15) is 0 Å². The average Bonchev–Trinajstić information content (AvgIpc) is 1.90. The van der Waals surface area contributed by atoms with Gasteiger partial charge in [0.25, 0.3) is 0 Å². The highest BCUT2D eigenvalue weighted by molar-refractivity contribution is 5.07. The van der Waals surface area contributed by atoms with E-state index in [0.29, 0.717) is 13.2 Å². The molecule has 1 rings (SSSR count). The Labute approximate surface area is 54.5 Å². The van der Waals surface area contributed by atoms with Gasteiger partial charge < -0.3 is 4.74 Å². The van der Waals surface area contributed by atoms with E-state index < -0.39 is 0 Å². The second kappa shape index (κ2) is 2.97. The van der Waals surface area contributed by atoms with Crippen molar-refractivity contribution in [1.82, 2.24) is 0 Å². The molecule has 1 saturated heterocycles. The maximum Gasteiger partial charge on any atom is 0.0962 e. The largest absolute Gasteiger partial charge is 0.381 e. The zero-order valence-electron chi connectivity index (χ0n) is 5.61. The average molecular weight is 130 g/mol. The van der Waals surface area contributed by atoms with E-state index in [1.54, 1.807) is 0 Å². The lowest BCUT2D eigenvalue weighted by molar-refractivity contribution is 0.117. The number of hydrogen-bond donors (Lipinski definition) is 0. The van der Waals surface area contributed by atoms with E-state index in [1.165, 1.54) is 6.92 Å². The van der Waals surface area contributed by atoms with Crippen molar-refractivity contribution in [2.75, 3.05) is 13.2 Å². The number of halogens is 1. The predicted molar refractivity (Wildman–Crippen MR) is 33.9 cm³/mol. The van der Waals surface area contributed by atoms with Crippen molar-refractivity contribution in [1.29, 1.82) is 0 Å². The Balaban J connectivity index is 2.49. The molecule has 0 aromatic rings. The standard InChI is InChI=1S/C7H11FO/c1-6(8)7-2-4-9-5-3-7/h2-5H2,1H3. The van der Waals surface area contributed by atoms with Crippen molar-refractivity contribution in [2.24, 2.45) is 0 Å². The summed E-state index contributed by atoms with van der Waals surface area (Å²) < 4.78 is 17.5. The van der Waals surface area contributed by atoms with Crippen LogP contribution in [-0.4, -0.2) is 13.2 Å². The summed E-state index contributed by atoms with van der Waals surface area (Å²) >= 11 is 0. The van der Waals surface area contributed by atoms with Gasteiger partial charge in [0, 0.05) is 0 Å². The highest BCUT2D eigenvalue weighted by atomic mass is 19.1. The van der Waals surface area contributed by atoms with Gasteiger partial charge >= 0.3 is 0 Å². The van der Waals surface area contributed by atoms with Crippen molar-refractivity contribution in [2.45, 2.75) is 19.8 Å². The molecule has 0 bridgehead atoms. The highest BCUT2D eigenvalue weighted by Crippen LogP contribution is 2.17. The minimum Gasteiger partial charge on any atom is -0.381 e. The fraction of sp³-hybridized carbons (Fsp3) is 0.714. The van der Waals surface area contributed by atoms with E-state index in [0.717, 1.165) is 18.4 Å². The van der Waals surface area contributed by atoms with Gasteiger partial charge in [-0.05, 0) is 25.3 Å². The highest BCUT2D eigenvalue weighted by Gasteiger charge is 2.07. The number of allylic oxidation sites excluding steroid dienone is 1. The molecule has 0 aromatic carbocycles. The number of rotatable bonds is 0. The van der Waals surface area contributed by atoms with Crippen LogP contribution in [-0.2, 0) is 4.74 Å². The van der Waals surface area contributed by atoms with Crippen molar-refractivity contribution >= 4 is 0 Å². The molecule has 0 saturated carbocycles. The zero-order chi connectivity index (χ0) is 6.69. The summed E-state index contributed by atoms with van der Waals surface area (Å²) in [6, 6.07) is 0. The molecule has 0 unspecified atom stereocenters. The predicted octanol–water partition coefficient (Wildman–Crippen LogP) is 2.04. The molecule has 0 N–H and O–H groups in total. The summed E-state index contributed by atoms with van der Waals surface area (Å²) in [6.07, 6.45) is 1.56. The minimum absolute atomic E-state index is 0.0155. The van der Waals surface area contributed by atoms with Gasteiger partial charge in [-0.15, -0.1) is 0 Å². The van der Waals surface area contributed by atoms with Crippen molar-refractivity contribution in [3.63, 3.8) is 0 Å². The SMILES string of the molecule is CC(F)=C1CCOCC1. The summed E-state index contributed by atoms with van der Waals surface area (Å²) in [5.41, 5.74) is 0.932. The third-order valence-electron chi connectivity index (χ3n) is 1.58. The molecule has 52 valence electrons. The molecular weight excluding hydrogens is 119 g/mol. The Bertz CT molecular complexity index is 117. The van der Waals surface area contributed by atoms with Gasteiger partial charge in [-0.25, -0.2) is 4.39 Å². The summed E-state index contributed by atoms with van der Waals surface area (Å²) in [5, 5.41) is 0. The lowest BCUT2D eigenvalue weighted by Gasteiger charge is -2.14. The smallest absolute Gasteiger partial charge is 0.0962 e. The Morgan fingerprint density at radius 2 is 2.00 bits per heavy atom. The molecule has 1 aliphatic heterocycles. The van der Waals surface area contributed by atoms with Crippen molar-refractivity contribution in [3.8, 4) is 0 Å². The van der Waals surface area contributed by atoms with Gasteiger partial charge in [0.2, 0.25) is 0 Å². The van der Waals surface area contributed by atoms with Crippen molar-refractivity contribution in [3.05, 3.63) is 11.4 Å². The zero-order valence-corrected chi connectivity index (χ0v) is 5.61. The lowest BCUT2D eigenvalue weighted by atomic mass is 10.1.